The summed E-state index contributed by atoms with van der Waals surface area (Å²) in [4.78, 5) is 21.2. The second kappa shape index (κ2) is 37.2. The van der Waals surface area contributed by atoms with Gasteiger partial charge in [-0.1, -0.05) is 284 Å². The van der Waals surface area contributed by atoms with E-state index in [0.29, 0.717) is 47.3 Å². The Balaban J connectivity index is 0.000000116. The molecule has 148 heavy (non-hydrogen) atoms. The van der Waals surface area contributed by atoms with Crippen molar-refractivity contribution in [3.8, 4) is 89.5 Å². The van der Waals surface area contributed by atoms with E-state index in [4.69, 9.17) is 37.6 Å². The van der Waals surface area contributed by atoms with Crippen molar-refractivity contribution in [1.82, 2.24) is 19.9 Å². The fraction of sp³-hybridized carbons (Fsp3) is 0.353. The average Bonchev–Trinajstić information content (AvgIpc) is 2.34. The van der Waals surface area contributed by atoms with Crippen LogP contribution >= 0.6 is 0 Å². The third-order valence-electron chi connectivity index (χ3n) is 34.4. The Hall–Kier alpha value is -13.8. The number of pyridine rings is 8. The minimum atomic E-state index is -0.145. The first-order chi connectivity index (χ1) is 70.6. The van der Waals surface area contributed by atoms with Gasteiger partial charge < -0.3 is 17.7 Å². The van der Waals surface area contributed by atoms with Gasteiger partial charge in [-0.05, 0) is 242 Å². The Morgan fingerprint density at radius 3 is 0.811 bits per heavy atom. The van der Waals surface area contributed by atoms with Crippen LogP contribution in [0.25, 0.3) is 178 Å². The zero-order chi connectivity index (χ0) is 105. The first kappa shape index (κ1) is 100. The second-order valence-corrected chi connectivity index (χ2v) is 47.2. The van der Waals surface area contributed by atoms with E-state index in [-0.39, 0.29) is 21.7 Å². The van der Waals surface area contributed by atoms with E-state index in [1.807, 2.05) is 0 Å². The van der Waals surface area contributed by atoms with E-state index in [9.17, 15) is 0 Å². The maximum atomic E-state index is 6.79. The van der Waals surface area contributed by atoms with E-state index in [1.165, 1.54) is 168 Å². The van der Waals surface area contributed by atoms with Crippen LogP contribution in [0.3, 0.4) is 0 Å². The zero-order valence-electron chi connectivity index (χ0n) is 93.4. The summed E-state index contributed by atoms with van der Waals surface area (Å²) in [6, 6.07) is 71.8. The molecule has 20 aromatic rings. The Kier molecular flexibility index (Phi) is 25.1. The van der Waals surface area contributed by atoms with Crippen molar-refractivity contribution in [2.75, 3.05) is 0 Å². The van der Waals surface area contributed by atoms with Gasteiger partial charge in [-0.2, -0.15) is 0 Å². The molecule has 0 saturated heterocycles. The summed E-state index contributed by atoms with van der Waals surface area (Å²) in [5.74, 6) is 3.85. The molecule has 0 bridgehead atoms. The number of aryl methyl sites for hydroxylation is 12. The van der Waals surface area contributed by atoms with Crippen LogP contribution in [0, 0.1) is 79.1 Å². The van der Waals surface area contributed by atoms with Crippen LogP contribution in [0.4, 0.5) is 0 Å². The lowest BCUT2D eigenvalue weighted by Crippen LogP contribution is -2.38. The lowest BCUT2D eigenvalue weighted by Gasteiger charge is -2.39. The highest BCUT2D eigenvalue weighted by molar-refractivity contribution is 6.15. The molecule has 12 heteroatoms. The highest BCUT2D eigenvalue weighted by atomic mass is 16.4. The molecule has 752 valence electrons. The molecule has 0 saturated carbocycles. The summed E-state index contributed by atoms with van der Waals surface area (Å²) < 4.78 is 35.8. The molecule has 4 aliphatic rings. The summed E-state index contributed by atoms with van der Waals surface area (Å²) in [7, 11) is 8.57. The third kappa shape index (κ3) is 15.6. The summed E-state index contributed by atoms with van der Waals surface area (Å²) in [6.45, 7) is 63.4. The van der Waals surface area contributed by atoms with Gasteiger partial charge in [0, 0.05) is 134 Å². The minimum absolute atomic E-state index is 0.0614. The molecule has 0 fully saturated rings. The molecular formula is C136H148N8O4+4. The molecular weight excluding hydrogens is 1810 g/mol. The van der Waals surface area contributed by atoms with Crippen LogP contribution in [0.2, 0.25) is 0 Å². The van der Waals surface area contributed by atoms with E-state index < -0.39 is 0 Å². The fourth-order valence-electron chi connectivity index (χ4n) is 27.4. The van der Waals surface area contributed by atoms with Gasteiger partial charge in [0.25, 0.3) is 0 Å². The van der Waals surface area contributed by atoms with Gasteiger partial charge in [-0.3, -0.25) is 0 Å². The highest BCUT2D eigenvalue weighted by Gasteiger charge is 2.52. The highest BCUT2D eigenvalue weighted by Crippen LogP contribution is 2.61. The molecule has 0 N–H and O–H groups in total. The van der Waals surface area contributed by atoms with Crippen molar-refractivity contribution in [2.24, 2.45) is 51.9 Å². The number of fused-ring (bicyclic) bond motifs is 24. The number of hydrogen-bond donors (Lipinski definition) is 0. The fourth-order valence-corrected chi connectivity index (χ4v) is 27.4. The van der Waals surface area contributed by atoms with Gasteiger partial charge >= 0.3 is 0 Å². The summed E-state index contributed by atoms with van der Waals surface area (Å²) in [5, 5.41) is 8.91. The summed E-state index contributed by atoms with van der Waals surface area (Å²) in [5.41, 5.74) is 51.6. The van der Waals surface area contributed by atoms with Crippen LogP contribution in [-0.4, -0.2) is 19.9 Å². The summed E-state index contributed by atoms with van der Waals surface area (Å²) >= 11 is 0. The normalized spacial score (nSPS) is 14.2. The van der Waals surface area contributed by atoms with E-state index in [2.05, 4.69) is 459 Å². The van der Waals surface area contributed by atoms with Crippen molar-refractivity contribution in [1.29, 1.82) is 0 Å². The number of rotatable bonds is 16. The number of nitrogens with zero attached hydrogens (tertiary/aromatic N) is 8. The Morgan fingerprint density at radius 2 is 0.514 bits per heavy atom. The minimum Gasteiger partial charge on any atom is -0.437 e. The molecule has 4 aliphatic carbocycles. The average molecular weight is 1960 g/mol. The SMILES string of the molecule is CCC1(CC)c2ccccc2-c2cc3c(nc21)oc1c(-c2cc(C)c(C(C)C)c[n+]2C)c(C)ccc13.Cc1cc(-c2c(C)ccc3c2oc2nc4c(cc23)-c2ccccc2C4(C(C)C)C(C)C)[n+](C)cc1C(C)C.Cc1cc(-c2c(C)ccc3c2oc2nc4c(cc23)-c2ccccc2C4(C)C)[n+](C)cc1C(C)C.Cc1cc(-c2c(C)ccc3c2oc2nc4c(cc23)-c2ccccc2C4(CC(C)C)CC(C)C)[n+](C)cc1C(C)C. The maximum absolute atomic E-state index is 6.79. The molecule has 12 nitrogen and oxygen atoms in total. The molecule has 0 spiro atoms. The number of benzene rings is 8. The lowest BCUT2D eigenvalue weighted by atomic mass is 9.64. The predicted molar refractivity (Wildman–Crippen MR) is 612 cm³/mol. The Bertz CT molecular complexity index is 8830. The Morgan fingerprint density at radius 1 is 0.264 bits per heavy atom. The zero-order valence-corrected chi connectivity index (χ0v) is 93.4. The molecule has 0 amide bonds. The Labute approximate surface area is 875 Å². The van der Waals surface area contributed by atoms with Crippen molar-refractivity contribution in [3.05, 3.63) is 331 Å². The number of furan rings is 4. The lowest BCUT2D eigenvalue weighted by molar-refractivity contribution is -0.661. The van der Waals surface area contributed by atoms with Crippen LogP contribution in [-0.2, 0) is 49.9 Å². The van der Waals surface area contributed by atoms with E-state index >= 15 is 0 Å². The third-order valence-corrected chi connectivity index (χ3v) is 34.4. The van der Waals surface area contributed by atoms with E-state index in [0.717, 1.165) is 148 Å². The molecule has 0 atom stereocenters. The monoisotopic (exact) mass is 1960 g/mol. The standard InChI is InChI=1S/C37H43N2O.C35H39N2O.C33H35N2O.C31H31N2O/c1-21(2)18-37(19-22(3)4)31-13-11-10-12-26(31)28-17-29-27-15-14-24(7)33(34(27)40-36(29)38-35(28)37)32-16-25(8)30(23(5)6)20-39(32)9;1-19(2)28-18-37(9)30(16-23(28)8)31-22(7)14-15-25-27-17-26-24-12-10-11-13-29(24)35(20(3)4,21(5)6)33(26)36-34(27)38-32(25)31;1-8-33(9-2)27-13-11-10-12-22(27)24-17-25-23-15-14-20(5)29(30(23)36-32(25)34-31(24)33)28-16-21(6)26(19(3)4)18-35(28)7;1-17(2)24-16-33(7)26(14-19(24)4)27-18(3)12-13-21-23-15-22-20-10-8-9-11-25(20)31(5,6)29(22)32-30(23)34-28(21)27/h10-17,20-23H,18-19H2,1-9H3;10-21H,1-9H3;10-19H,8-9H2,1-7H3;8-17H,1-7H3/q4*+1. The predicted octanol–water partition coefficient (Wildman–Crippen LogP) is 34.2. The van der Waals surface area contributed by atoms with Gasteiger partial charge in [0.1, 0.15) is 28.2 Å². The van der Waals surface area contributed by atoms with E-state index in [1.54, 1.807) is 0 Å². The van der Waals surface area contributed by atoms with Gasteiger partial charge in [0.05, 0.1) is 45.0 Å². The molecule has 8 aromatic carbocycles. The van der Waals surface area contributed by atoms with Crippen LogP contribution in [0.5, 0.6) is 0 Å². The number of aromatic nitrogens is 8. The van der Waals surface area contributed by atoms with Crippen LogP contribution < -0.4 is 18.3 Å². The quantitative estimate of drug-likeness (QED) is 0.0878. The van der Waals surface area contributed by atoms with Gasteiger partial charge in [0.2, 0.25) is 45.6 Å². The second-order valence-electron chi connectivity index (χ2n) is 47.2. The van der Waals surface area contributed by atoms with Crippen molar-refractivity contribution >= 4 is 88.3 Å². The number of hydrogen-bond acceptors (Lipinski definition) is 8. The maximum Gasteiger partial charge on any atom is 0.227 e. The van der Waals surface area contributed by atoms with Crippen LogP contribution in [0.15, 0.2) is 237 Å². The first-order valence-corrected chi connectivity index (χ1v) is 54.5. The van der Waals surface area contributed by atoms with Gasteiger partial charge in [-0.25, -0.2) is 38.2 Å². The van der Waals surface area contributed by atoms with Crippen molar-refractivity contribution < 1.29 is 35.9 Å². The molecule has 0 unspecified atom stereocenters. The van der Waals surface area contributed by atoms with Gasteiger partial charge in [-0.15, -0.1) is 0 Å². The topological polar surface area (TPSA) is 120 Å². The molecule has 0 radical (unpaired) electrons. The molecule has 12 aromatic heterocycles. The first-order valence-electron chi connectivity index (χ1n) is 54.5. The largest absolute Gasteiger partial charge is 0.437 e. The van der Waals surface area contributed by atoms with Crippen molar-refractivity contribution in [3.63, 3.8) is 0 Å². The smallest absolute Gasteiger partial charge is 0.227 e. The van der Waals surface area contributed by atoms with Crippen LogP contribution in [0.1, 0.15) is 300 Å². The molecule has 12 heterocycles. The van der Waals surface area contributed by atoms with Gasteiger partial charge in [0.15, 0.2) is 47.1 Å². The summed E-state index contributed by atoms with van der Waals surface area (Å²) in [6.07, 6.45) is 13.3. The van der Waals surface area contributed by atoms with Crippen molar-refractivity contribution in [2.45, 2.75) is 265 Å². The molecule has 24 rings (SSSR count). The molecule has 0 aliphatic heterocycles.